The van der Waals surface area contributed by atoms with Crippen molar-refractivity contribution < 1.29 is 4.74 Å². The predicted molar refractivity (Wildman–Crippen MR) is 78.9 cm³/mol. The predicted octanol–water partition coefficient (Wildman–Crippen LogP) is 4.00. The molecule has 0 aromatic rings. The van der Waals surface area contributed by atoms with Gasteiger partial charge in [-0.05, 0) is 32.2 Å². The zero-order valence-corrected chi connectivity index (χ0v) is 12.9. The molecule has 18 heavy (non-hydrogen) atoms. The number of hydrogen-bond acceptors (Lipinski definition) is 2. The number of ether oxygens (including phenoxy) is 1. The van der Waals surface area contributed by atoms with Crippen molar-refractivity contribution in [2.45, 2.75) is 77.9 Å². The van der Waals surface area contributed by atoms with E-state index in [4.69, 9.17) is 4.74 Å². The van der Waals surface area contributed by atoms with E-state index in [1.807, 2.05) is 0 Å². The lowest BCUT2D eigenvalue weighted by atomic mass is 9.83. The summed E-state index contributed by atoms with van der Waals surface area (Å²) in [4.78, 5) is 0. The van der Waals surface area contributed by atoms with E-state index in [0.717, 1.165) is 24.9 Å². The van der Waals surface area contributed by atoms with E-state index < -0.39 is 0 Å². The SMILES string of the molecule is CCCCC(CC)CC(NC)C1CCOC1CC. The van der Waals surface area contributed by atoms with Crippen LogP contribution < -0.4 is 5.32 Å². The van der Waals surface area contributed by atoms with Gasteiger partial charge in [-0.3, -0.25) is 0 Å². The van der Waals surface area contributed by atoms with Crippen molar-refractivity contribution in [3.05, 3.63) is 0 Å². The van der Waals surface area contributed by atoms with Crippen LogP contribution in [0.25, 0.3) is 0 Å². The summed E-state index contributed by atoms with van der Waals surface area (Å²) in [7, 11) is 2.13. The molecule has 1 heterocycles. The fourth-order valence-electron chi connectivity index (χ4n) is 3.39. The van der Waals surface area contributed by atoms with Gasteiger partial charge in [-0.1, -0.05) is 46.5 Å². The van der Waals surface area contributed by atoms with Crippen LogP contribution in [0.2, 0.25) is 0 Å². The van der Waals surface area contributed by atoms with Crippen molar-refractivity contribution in [2.75, 3.05) is 13.7 Å². The summed E-state index contributed by atoms with van der Waals surface area (Å²) in [6, 6.07) is 0.652. The third kappa shape index (κ3) is 4.55. The maximum absolute atomic E-state index is 5.85. The molecule has 0 spiro atoms. The number of hydrogen-bond donors (Lipinski definition) is 1. The van der Waals surface area contributed by atoms with Gasteiger partial charge in [0.05, 0.1) is 6.10 Å². The van der Waals surface area contributed by atoms with Crippen molar-refractivity contribution in [3.8, 4) is 0 Å². The van der Waals surface area contributed by atoms with Crippen LogP contribution >= 0.6 is 0 Å². The van der Waals surface area contributed by atoms with Gasteiger partial charge in [0.15, 0.2) is 0 Å². The quantitative estimate of drug-likeness (QED) is 0.672. The standard InChI is InChI=1S/C16H33NO/c1-5-8-9-13(6-2)12-15(17-4)14-10-11-18-16(14)7-3/h13-17H,5-12H2,1-4H3. The number of nitrogens with one attached hydrogen (secondary N) is 1. The van der Waals surface area contributed by atoms with Crippen molar-refractivity contribution in [1.29, 1.82) is 0 Å². The van der Waals surface area contributed by atoms with Gasteiger partial charge < -0.3 is 10.1 Å². The maximum atomic E-state index is 5.85. The Hall–Kier alpha value is -0.0800. The van der Waals surface area contributed by atoms with Gasteiger partial charge in [0.25, 0.3) is 0 Å². The van der Waals surface area contributed by atoms with Crippen LogP contribution in [-0.4, -0.2) is 25.8 Å². The zero-order valence-electron chi connectivity index (χ0n) is 12.9. The second-order valence-corrected chi connectivity index (χ2v) is 5.82. The first-order chi connectivity index (χ1) is 8.76. The molecule has 1 rings (SSSR count). The third-order valence-corrected chi connectivity index (χ3v) is 4.68. The minimum Gasteiger partial charge on any atom is -0.378 e. The average molecular weight is 255 g/mol. The van der Waals surface area contributed by atoms with E-state index in [-0.39, 0.29) is 0 Å². The molecule has 1 N–H and O–H groups in total. The Balaban J connectivity index is 2.48. The molecule has 0 radical (unpaired) electrons. The Kier molecular flexibility index (Phi) is 7.92. The van der Waals surface area contributed by atoms with Crippen molar-refractivity contribution in [1.82, 2.24) is 5.32 Å². The molecule has 1 aliphatic heterocycles. The van der Waals surface area contributed by atoms with E-state index in [1.54, 1.807) is 0 Å². The van der Waals surface area contributed by atoms with Gasteiger partial charge in [-0.25, -0.2) is 0 Å². The van der Waals surface area contributed by atoms with Crippen LogP contribution in [-0.2, 0) is 4.74 Å². The highest BCUT2D eigenvalue weighted by atomic mass is 16.5. The molecule has 0 aliphatic carbocycles. The fourth-order valence-corrected chi connectivity index (χ4v) is 3.39. The highest BCUT2D eigenvalue weighted by Gasteiger charge is 2.33. The molecule has 0 bridgehead atoms. The molecular formula is C16H33NO. The number of rotatable bonds is 9. The molecule has 2 nitrogen and oxygen atoms in total. The van der Waals surface area contributed by atoms with E-state index in [0.29, 0.717) is 12.1 Å². The Morgan fingerprint density at radius 3 is 2.61 bits per heavy atom. The highest BCUT2D eigenvalue weighted by Crippen LogP contribution is 2.31. The van der Waals surface area contributed by atoms with E-state index in [9.17, 15) is 0 Å². The van der Waals surface area contributed by atoms with Crippen LogP contribution in [0.15, 0.2) is 0 Å². The summed E-state index contributed by atoms with van der Waals surface area (Å²) in [5.74, 6) is 1.62. The minimum atomic E-state index is 0.492. The molecule has 108 valence electrons. The number of unbranched alkanes of at least 4 members (excludes halogenated alkanes) is 1. The molecule has 4 atom stereocenters. The van der Waals surface area contributed by atoms with Gasteiger partial charge >= 0.3 is 0 Å². The second-order valence-electron chi connectivity index (χ2n) is 5.82. The minimum absolute atomic E-state index is 0.492. The summed E-state index contributed by atoms with van der Waals surface area (Å²) >= 11 is 0. The second kappa shape index (κ2) is 8.92. The van der Waals surface area contributed by atoms with Crippen LogP contribution in [0, 0.1) is 11.8 Å². The lowest BCUT2D eigenvalue weighted by molar-refractivity contribution is 0.0748. The summed E-state index contributed by atoms with van der Waals surface area (Å²) in [5, 5.41) is 3.57. The smallest absolute Gasteiger partial charge is 0.0616 e. The van der Waals surface area contributed by atoms with Crippen LogP contribution in [0.3, 0.4) is 0 Å². The molecule has 2 heteroatoms. The zero-order chi connectivity index (χ0) is 13.4. The first kappa shape index (κ1) is 16.0. The van der Waals surface area contributed by atoms with Gasteiger partial charge in [0.2, 0.25) is 0 Å². The van der Waals surface area contributed by atoms with E-state index in [2.05, 4.69) is 33.1 Å². The first-order valence-electron chi connectivity index (χ1n) is 8.05. The average Bonchev–Trinajstić information content (AvgIpc) is 2.87. The molecule has 1 fully saturated rings. The van der Waals surface area contributed by atoms with Gasteiger partial charge in [-0.15, -0.1) is 0 Å². The molecule has 1 saturated heterocycles. The molecule has 0 aromatic carbocycles. The Morgan fingerprint density at radius 2 is 2.06 bits per heavy atom. The topological polar surface area (TPSA) is 21.3 Å². The maximum Gasteiger partial charge on any atom is 0.0616 e. The van der Waals surface area contributed by atoms with Gasteiger partial charge in [0.1, 0.15) is 0 Å². The Bertz CT molecular complexity index is 207. The van der Waals surface area contributed by atoms with Gasteiger partial charge in [0, 0.05) is 18.6 Å². The lowest BCUT2D eigenvalue weighted by Crippen LogP contribution is -2.39. The van der Waals surface area contributed by atoms with Crippen molar-refractivity contribution >= 4 is 0 Å². The third-order valence-electron chi connectivity index (χ3n) is 4.68. The van der Waals surface area contributed by atoms with E-state index >= 15 is 0 Å². The molecular weight excluding hydrogens is 222 g/mol. The molecule has 0 saturated carbocycles. The first-order valence-corrected chi connectivity index (χ1v) is 8.05. The summed E-state index contributed by atoms with van der Waals surface area (Å²) < 4.78 is 5.85. The Labute approximate surface area is 114 Å². The monoisotopic (exact) mass is 255 g/mol. The summed E-state index contributed by atoms with van der Waals surface area (Å²) in [6.45, 7) is 7.85. The normalized spacial score (nSPS) is 27.3. The largest absolute Gasteiger partial charge is 0.378 e. The molecule has 0 aromatic heterocycles. The van der Waals surface area contributed by atoms with E-state index in [1.165, 1.54) is 38.5 Å². The van der Waals surface area contributed by atoms with Crippen LogP contribution in [0.1, 0.15) is 65.7 Å². The summed E-state index contributed by atoms with van der Waals surface area (Å²) in [5.41, 5.74) is 0. The molecule has 4 unspecified atom stereocenters. The Morgan fingerprint density at radius 1 is 1.28 bits per heavy atom. The van der Waals surface area contributed by atoms with Gasteiger partial charge in [-0.2, -0.15) is 0 Å². The highest BCUT2D eigenvalue weighted by molar-refractivity contribution is 4.86. The van der Waals surface area contributed by atoms with Crippen molar-refractivity contribution in [3.63, 3.8) is 0 Å². The molecule has 1 aliphatic rings. The van der Waals surface area contributed by atoms with Crippen molar-refractivity contribution in [2.24, 2.45) is 11.8 Å². The summed E-state index contributed by atoms with van der Waals surface area (Å²) in [6.07, 6.45) is 9.66. The van der Waals surface area contributed by atoms with Crippen LogP contribution in [0.5, 0.6) is 0 Å². The molecule has 0 amide bonds. The fraction of sp³-hybridized carbons (Fsp3) is 1.00. The van der Waals surface area contributed by atoms with Crippen LogP contribution in [0.4, 0.5) is 0 Å². The lowest BCUT2D eigenvalue weighted by Gasteiger charge is -2.30.